The molecule has 0 bridgehead atoms. The monoisotopic (exact) mass is 378 g/mol. The van der Waals surface area contributed by atoms with E-state index in [1.54, 1.807) is 0 Å². The van der Waals surface area contributed by atoms with Crippen molar-refractivity contribution in [1.82, 2.24) is 0 Å². The number of hydrogen-bond acceptors (Lipinski definition) is 0. The first kappa shape index (κ1) is 21.5. The molecule has 0 heterocycles. The van der Waals surface area contributed by atoms with Gasteiger partial charge >= 0.3 is 0 Å². The molecule has 154 valence electrons. The molecule has 0 spiro atoms. The summed E-state index contributed by atoms with van der Waals surface area (Å²) < 4.78 is 0. The van der Waals surface area contributed by atoms with Crippen molar-refractivity contribution >= 4 is 0 Å². The van der Waals surface area contributed by atoms with Gasteiger partial charge in [-0.15, -0.1) is 0 Å². The van der Waals surface area contributed by atoms with Crippen molar-refractivity contribution in [2.45, 2.75) is 104 Å². The van der Waals surface area contributed by atoms with Gasteiger partial charge in [-0.2, -0.15) is 0 Å². The van der Waals surface area contributed by atoms with E-state index in [4.69, 9.17) is 0 Å². The second kappa shape index (κ2) is 11.7. The van der Waals surface area contributed by atoms with Gasteiger partial charge in [0.2, 0.25) is 0 Å². The smallest absolute Gasteiger partial charge is 0.0245 e. The second-order valence-electron chi connectivity index (χ2n) is 9.58. The zero-order valence-corrected chi connectivity index (χ0v) is 18.5. The largest absolute Gasteiger partial charge is 0.0945 e. The Morgan fingerprint density at radius 2 is 1.39 bits per heavy atom. The molecule has 0 aromatic heterocycles. The van der Waals surface area contributed by atoms with E-state index < -0.39 is 0 Å². The lowest BCUT2D eigenvalue weighted by atomic mass is 9.69. The summed E-state index contributed by atoms with van der Waals surface area (Å²) in [5.41, 5.74) is 2.68. The summed E-state index contributed by atoms with van der Waals surface area (Å²) in [6.45, 7) is 4.65. The second-order valence-corrected chi connectivity index (χ2v) is 9.58. The van der Waals surface area contributed by atoms with Crippen LogP contribution in [0.3, 0.4) is 0 Å². The van der Waals surface area contributed by atoms with Gasteiger partial charge in [-0.25, -0.2) is 0 Å². The molecule has 28 heavy (non-hydrogen) atoms. The molecule has 0 unspecified atom stereocenters. The molecule has 2 aliphatic carbocycles. The zero-order valence-electron chi connectivity index (χ0n) is 18.5. The van der Waals surface area contributed by atoms with Crippen molar-refractivity contribution in [2.75, 3.05) is 0 Å². The van der Waals surface area contributed by atoms with Crippen LogP contribution in [0.5, 0.6) is 0 Å². The Morgan fingerprint density at radius 3 is 2.00 bits per heavy atom. The molecule has 2 aliphatic rings. The molecule has 0 heteroatoms. The highest BCUT2D eigenvalue weighted by Gasteiger charge is 2.29. The van der Waals surface area contributed by atoms with Crippen LogP contribution < -0.4 is 0 Å². The van der Waals surface area contributed by atoms with Crippen LogP contribution in [0, 0.1) is 35.5 Å². The van der Waals surface area contributed by atoms with Gasteiger partial charge in [-0.3, -0.25) is 0 Å². The van der Waals surface area contributed by atoms with Crippen LogP contribution in [0.2, 0.25) is 0 Å². The average molecular weight is 379 g/mol. The van der Waals surface area contributed by atoms with E-state index in [0.717, 1.165) is 17.8 Å². The summed E-state index contributed by atoms with van der Waals surface area (Å²) in [6, 6.07) is 9.05. The van der Waals surface area contributed by atoms with Crippen molar-refractivity contribution in [2.24, 2.45) is 23.7 Å². The standard InChI is InChI=1S/C28H42/c1-3-5-6-7-8-24-9-11-25(12-10-24)13-14-26-17-21-28(22-18-26)27-19-15-23(4-2)16-20-27/h9-12,23,26-28H,3-8,15-22H2,1-2H3/t23-,26-,27-,28-. The average Bonchev–Trinajstić information content (AvgIpc) is 2.76. The highest BCUT2D eigenvalue weighted by atomic mass is 14.3. The first-order chi connectivity index (χ1) is 13.8. The third kappa shape index (κ3) is 6.69. The molecule has 0 atom stereocenters. The molecule has 0 radical (unpaired) electrons. The molecule has 0 nitrogen and oxygen atoms in total. The molecule has 2 saturated carbocycles. The predicted octanol–water partition coefficient (Wildman–Crippen LogP) is 8.18. The van der Waals surface area contributed by atoms with Crippen molar-refractivity contribution < 1.29 is 0 Å². The number of rotatable bonds is 7. The van der Waals surface area contributed by atoms with Gasteiger partial charge in [-0.1, -0.05) is 76.3 Å². The van der Waals surface area contributed by atoms with Gasteiger partial charge < -0.3 is 0 Å². The number of unbranched alkanes of at least 4 members (excludes halogenated alkanes) is 3. The summed E-state index contributed by atoms with van der Waals surface area (Å²) in [5, 5.41) is 0. The Balaban J connectivity index is 1.40. The van der Waals surface area contributed by atoms with E-state index in [1.165, 1.54) is 101 Å². The molecule has 0 amide bonds. The lowest BCUT2D eigenvalue weighted by Gasteiger charge is -2.36. The third-order valence-corrected chi connectivity index (χ3v) is 7.60. The quantitative estimate of drug-likeness (QED) is 0.331. The normalized spacial score (nSPS) is 27.8. The van der Waals surface area contributed by atoms with E-state index >= 15 is 0 Å². The minimum Gasteiger partial charge on any atom is -0.0945 e. The Kier molecular flexibility index (Phi) is 8.98. The summed E-state index contributed by atoms with van der Waals surface area (Å²) in [7, 11) is 0. The minimum absolute atomic E-state index is 0.636. The summed E-state index contributed by atoms with van der Waals surface area (Å²) in [5.74, 6) is 10.8. The molecule has 0 saturated heterocycles. The summed E-state index contributed by atoms with van der Waals surface area (Å²) in [6.07, 6.45) is 19.5. The fourth-order valence-electron chi connectivity index (χ4n) is 5.50. The van der Waals surface area contributed by atoms with Crippen LogP contribution in [-0.4, -0.2) is 0 Å². The van der Waals surface area contributed by atoms with Crippen LogP contribution >= 0.6 is 0 Å². The van der Waals surface area contributed by atoms with Crippen molar-refractivity contribution in [1.29, 1.82) is 0 Å². The topological polar surface area (TPSA) is 0 Å². The Hall–Kier alpha value is -1.22. The van der Waals surface area contributed by atoms with Gasteiger partial charge in [-0.05, 0) is 86.8 Å². The number of benzene rings is 1. The molecule has 1 aromatic rings. The molecule has 2 fully saturated rings. The van der Waals surface area contributed by atoms with Crippen LogP contribution in [0.25, 0.3) is 0 Å². The number of hydrogen-bond donors (Lipinski definition) is 0. The van der Waals surface area contributed by atoms with E-state index in [2.05, 4.69) is 50.0 Å². The van der Waals surface area contributed by atoms with Gasteiger partial charge in [0, 0.05) is 11.5 Å². The van der Waals surface area contributed by atoms with E-state index in [1.807, 2.05) is 0 Å². The molecular weight excluding hydrogens is 336 g/mol. The molecule has 1 aromatic carbocycles. The molecule has 0 aliphatic heterocycles. The van der Waals surface area contributed by atoms with Crippen molar-refractivity contribution in [3.63, 3.8) is 0 Å². The van der Waals surface area contributed by atoms with Gasteiger partial charge in [0.05, 0.1) is 0 Å². The highest BCUT2D eigenvalue weighted by molar-refractivity contribution is 5.36. The molecule has 3 rings (SSSR count). The lowest BCUT2D eigenvalue weighted by molar-refractivity contribution is 0.156. The van der Waals surface area contributed by atoms with E-state index in [9.17, 15) is 0 Å². The van der Waals surface area contributed by atoms with Gasteiger partial charge in [0.15, 0.2) is 0 Å². The maximum absolute atomic E-state index is 3.61. The van der Waals surface area contributed by atoms with Crippen LogP contribution in [-0.2, 0) is 6.42 Å². The zero-order chi connectivity index (χ0) is 19.6. The Labute approximate surface area is 174 Å². The first-order valence-electron chi connectivity index (χ1n) is 12.4. The van der Waals surface area contributed by atoms with Gasteiger partial charge in [0.1, 0.15) is 0 Å². The summed E-state index contributed by atoms with van der Waals surface area (Å²) >= 11 is 0. The Bertz CT molecular complexity index is 598. The highest BCUT2D eigenvalue weighted by Crippen LogP contribution is 2.41. The fourth-order valence-corrected chi connectivity index (χ4v) is 5.50. The third-order valence-electron chi connectivity index (χ3n) is 7.60. The number of aryl methyl sites for hydroxylation is 1. The van der Waals surface area contributed by atoms with Crippen LogP contribution in [0.4, 0.5) is 0 Å². The lowest BCUT2D eigenvalue weighted by Crippen LogP contribution is -2.25. The van der Waals surface area contributed by atoms with Gasteiger partial charge in [0.25, 0.3) is 0 Å². The Morgan fingerprint density at radius 1 is 0.750 bits per heavy atom. The SMILES string of the molecule is CCCCCCc1ccc(C#C[C@H]2CC[C@H]([C@H]3CC[C@H](CC)CC3)CC2)cc1. The maximum Gasteiger partial charge on any atom is 0.0245 e. The maximum atomic E-state index is 3.61. The first-order valence-corrected chi connectivity index (χ1v) is 12.4. The van der Waals surface area contributed by atoms with Crippen LogP contribution in [0.1, 0.15) is 108 Å². The molecular formula is C28H42. The fraction of sp³-hybridized carbons (Fsp3) is 0.714. The summed E-state index contributed by atoms with van der Waals surface area (Å²) in [4.78, 5) is 0. The predicted molar refractivity (Wildman–Crippen MR) is 122 cm³/mol. The van der Waals surface area contributed by atoms with Crippen molar-refractivity contribution in [3.8, 4) is 11.8 Å². The van der Waals surface area contributed by atoms with Crippen molar-refractivity contribution in [3.05, 3.63) is 35.4 Å². The molecule has 0 N–H and O–H groups in total. The van der Waals surface area contributed by atoms with E-state index in [-0.39, 0.29) is 0 Å². The minimum atomic E-state index is 0.636. The van der Waals surface area contributed by atoms with E-state index in [0.29, 0.717) is 5.92 Å². The van der Waals surface area contributed by atoms with Crippen LogP contribution in [0.15, 0.2) is 24.3 Å².